The first kappa shape index (κ1) is 23.6. The molecule has 180 valence electrons. The van der Waals surface area contributed by atoms with Crippen molar-refractivity contribution in [2.75, 3.05) is 26.3 Å². The second kappa shape index (κ2) is 9.76. The normalized spacial score (nSPS) is 19.2. The molecule has 2 aliphatic rings. The molecule has 0 spiro atoms. The van der Waals surface area contributed by atoms with Gasteiger partial charge in [-0.3, -0.25) is 4.79 Å². The van der Waals surface area contributed by atoms with E-state index in [-0.39, 0.29) is 25.7 Å². The van der Waals surface area contributed by atoms with Gasteiger partial charge in [-0.1, -0.05) is 48.5 Å². The van der Waals surface area contributed by atoms with E-state index < -0.39 is 42.5 Å². The van der Waals surface area contributed by atoms with Crippen LogP contribution < -0.4 is 10.6 Å². The lowest BCUT2D eigenvalue weighted by atomic mass is 9.98. The summed E-state index contributed by atoms with van der Waals surface area (Å²) in [6.45, 7) is -1.39. The highest BCUT2D eigenvalue weighted by Crippen LogP contribution is 2.44. The van der Waals surface area contributed by atoms with Crippen LogP contribution in [-0.4, -0.2) is 61.4 Å². The summed E-state index contributed by atoms with van der Waals surface area (Å²) >= 11 is 0. The van der Waals surface area contributed by atoms with E-state index in [9.17, 15) is 23.2 Å². The predicted molar refractivity (Wildman–Crippen MR) is 117 cm³/mol. The first-order valence-corrected chi connectivity index (χ1v) is 10.9. The number of fused-ring (bicyclic) bond motifs is 3. The molecule has 1 aliphatic heterocycles. The number of halogens is 2. The number of carboxylic acids is 1. The van der Waals surface area contributed by atoms with Crippen molar-refractivity contribution >= 4 is 18.0 Å². The number of amides is 2. The molecule has 2 aromatic rings. The molecule has 0 aromatic heterocycles. The standard InChI is InChI=1S/C24H24F2N2O6/c25-24(26,22(31)27-11-14-9-10-33-20(14)21(29)30)13-28-23(32)34-12-19-17-7-3-1-5-15(17)16-6-2-4-8-18(16)19/h1-8,14,19-20H,9-13H2,(H,27,31)(H,28,32)(H,29,30)/t14-,20-/m0/s1. The van der Waals surface area contributed by atoms with E-state index in [1.54, 1.807) is 0 Å². The lowest BCUT2D eigenvalue weighted by Gasteiger charge is -2.20. The summed E-state index contributed by atoms with van der Waals surface area (Å²) in [5, 5.41) is 13.0. The maximum atomic E-state index is 14.2. The second-order valence-corrected chi connectivity index (χ2v) is 8.27. The fraction of sp³-hybridized carbons (Fsp3) is 0.375. The van der Waals surface area contributed by atoms with E-state index in [0.717, 1.165) is 22.3 Å². The van der Waals surface area contributed by atoms with Gasteiger partial charge in [0.1, 0.15) is 6.61 Å². The summed E-state index contributed by atoms with van der Waals surface area (Å²) in [6.07, 6.45) is -1.88. The third-order valence-corrected chi connectivity index (χ3v) is 6.11. The second-order valence-electron chi connectivity index (χ2n) is 8.27. The van der Waals surface area contributed by atoms with Crippen LogP contribution in [0.1, 0.15) is 23.5 Å². The highest BCUT2D eigenvalue weighted by atomic mass is 19.3. The monoisotopic (exact) mass is 474 g/mol. The Morgan fingerprint density at radius 2 is 1.65 bits per heavy atom. The number of benzene rings is 2. The maximum absolute atomic E-state index is 14.2. The van der Waals surface area contributed by atoms with Crippen LogP contribution in [0.25, 0.3) is 11.1 Å². The molecular formula is C24H24F2N2O6. The number of carbonyl (C=O) groups excluding carboxylic acids is 2. The molecule has 0 saturated carbocycles. The Labute approximate surface area is 194 Å². The Hall–Kier alpha value is -3.53. The van der Waals surface area contributed by atoms with Crippen LogP contribution in [0.3, 0.4) is 0 Å². The molecule has 1 aliphatic carbocycles. The van der Waals surface area contributed by atoms with Gasteiger partial charge in [-0.25, -0.2) is 9.59 Å². The van der Waals surface area contributed by atoms with E-state index in [1.165, 1.54) is 0 Å². The van der Waals surface area contributed by atoms with Gasteiger partial charge in [0.15, 0.2) is 6.10 Å². The quantitative estimate of drug-likeness (QED) is 0.542. The van der Waals surface area contributed by atoms with Crippen molar-refractivity contribution in [1.29, 1.82) is 0 Å². The fourth-order valence-electron chi connectivity index (χ4n) is 4.38. The molecule has 4 rings (SSSR count). The van der Waals surface area contributed by atoms with Crippen molar-refractivity contribution in [2.45, 2.75) is 24.4 Å². The number of nitrogens with one attached hydrogen (secondary N) is 2. The third-order valence-electron chi connectivity index (χ3n) is 6.11. The minimum atomic E-state index is -3.90. The van der Waals surface area contributed by atoms with Crippen LogP contribution in [0, 0.1) is 5.92 Å². The number of carbonyl (C=O) groups is 3. The highest BCUT2D eigenvalue weighted by Gasteiger charge is 2.41. The summed E-state index contributed by atoms with van der Waals surface area (Å²) in [6, 6.07) is 15.4. The lowest BCUT2D eigenvalue weighted by molar-refractivity contribution is -0.150. The summed E-state index contributed by atoms with van der Waals surface area (Å²) in [5.74, 6) is -7.54. The SMILES string of the molecule is O=C(NCC(F)(F)C(=O)NC[C@@H]1CCO[C@@H]1C(=O)O)OCC1c2ccccc2-c2ccccc21. The Morgan fingerprint density at radius 3 is 2.26 bits per heavy atom. The number of alkyl halides is 2. The largest absolute Gasteiger partial charge is 0.479 e. The van der Waals surface area contributed by atoms with Crippen LogP contribution >= 0.6 is 0 Å². The summed E-state index contributed by atoms with van der Waals surface area (Å²) < 4.78 is 38.7. The van der Waals surface area contributed by atoms with E-state index in [2.05, 4.69) is 0 Å². The highest BCUT2D eigenvalue weighted by molar-refractivity contribution is 5.84. The molecule has 34 heavy (non-hydrogen) atoms. The van der Waals surface area contributed by atoms with E-state index in [1.807, 2.05) is 59.2 Å². The van der Waals surface area contributed by atoms with Gasteiger partial charge in [-0.2, -0.15) is 8.78 Å². The van der Waals surface area contributed by atoms with Gasteiger partial charge < -0.3 is 25.2 Å². The molecule has 1 heterocycles. The van der Waals surface area contributed by atoms with Crippen molar-refractivity contribution in [3.05, 3.63) is 59.7 Å². The number of alkyl carbamates (subject to hydrolysis) is 1. The van der Waals surface area contributed by atoms with Gasteiger partial charge in [-0.15, -0.1) is 0 Å². The van der Waals surface area contributed by atoms with Gasteiger partial charge in [0.05, 0.1) is 6.54 Å². The number of rotatable bonds is 8. The van der Waals surface area contributed by atoms with Gasteiger partial charge in [0, 0.05) is 25.0 Å². The first-order valence-electron chi connectivity index (χ1n) is 10.9. The maximum Gasteiger partial charge on any atom is 0.407 e. The Balaban J connectivity index is 1.27. The van der Waals surface area contributed by atoms with Crippen molar-refractivity contribution < 1.29 is 37.7 Å². The Kier molecular flexibility index (Phi) is 6.78. The van der Waals surface area contributed by atoms with Crippen molar-refractivity contribution in [2.24, 2.45) is 5.92 Å². The average molecular weight is 474 g/mol. The van der Waals surface area contributed by atoms with Gasteiger partial charge in [0.25, 0.3) is 5.91 Å². The molecule has 0 unspecified atom stereocenters. The molecule has 0 radical (unpaired) electrons. The zero-order chi connectivity index (χ0) is 24.3. The average Bonchev–Trinajstić information content (AvgIpc) is 3.43. The predicted octanol–water partition coefficient (Wildman–Crippen LogP) is 2.77. The Bertz CT molecular complexity index is 1050. The molecule has 1 fully saturated rings. The van der Waals surface area contributed by atoms with Gasteiger partial charge in [-0.05, 0) is 28.7 Å². The first-order chi connectivity index (χ1) is 16.3. The summed E-state index contributed by atoms with van der Waals surface area (Å²) in [7, 11) is 0. The van der Waals surface area contributed by atoms with Crippen LogP contribution in [0.2, 0.25) is 0 Å². The number of hydrogen-bond donors (Lipinski definition) is 3. The summed E-state index contributed by atoms with van der Waals surface area (Å²) in [4.78, 5) is 35.1. The molecule has 2 aromatic carbocycles. The molecule has 10 heteroatoms. The lowest BCUT2D eigenvalue weighted by Crippen LogP contribution is -2.49. The molecule has 8 nitrogen and oxygen atoms in total. The zero-order valence-electron chi connectivity index (χ0n) is 18.1. The number of ether oxygens (including phenoxy) is 2. The molecule has 1 saturated heterocycles. The van der Waals surface area contributed by atoms with E-state index >= 15 is 0 Å². The van der Waals surface area contributed by atoms with Gasteiger partial charge >= 0.3 is 18.0 Å². The zero-order valence-corrected chi connectivity index (χ0v) is 18.1. The number of hydrogen-bond acceptors (Lipinski definition) is 5. The smallest absolute Gasteiger partial charge is 0.407 e. The molecule has 0 bridgehead atoms. The minimum absolute atomic E-state index is 0.0457. The Morgan fingerprint density at radius 1 is 1.03 bits per heavy atom. The van der Waals surface area contributed by atoms with Crippen LogP contribution in [-0.2, 0) is 19.1 Å². The van der Waals surface area contributed by atoms with Crippen molar-refractivity contribution in [3.63, 3.8) is 0 Å². The number of carboxylic acid groups (broad SMARTS) is 1. The number of aliphatic carboxylic acids is 1. The van der Waals surface area contributed by atoms with Crippen LogP contribution in [0.4, 0.5) is 13.6 Å². The minimum Gasteiger partial charge on any atom is -0.479 e. The fourth-order valence-corrected chi connectivity index (χ4v) is 4.38. The van der Waals surface area contributed by atoms with E-state index in [4.69, 9.17) is 14.6 Å². The topological polar surface area (TPSA) is 114 Å². The third kappa shape index (κ3) is 4.86. The van der Waals surface area contributed by atoms with Crippen LogP contribution in [0.5, 0.6) is 0 Å². The van der Waals surface area contributed by atoms with Crippen LogP contribution in [0.15, 0.2) is 48.5 Å². The van der Waals surface area contributed by atoms with Crippen molar-refractivity contribution in [3.8, 4) is 11.1 Å². The van der Waals surface area contributed by atoms with E-state index in [0.29, 0.717) is 6.42 Å². The van der Waals surface area contributed by atoms with Crippen molar-refractivity contribution in [1.82, 2.24) is 10.6 Å². The molecular weight excluding hydrogens is 450 g/mol. The molecule has 3 N–H and O–H groups in total. The molecule has 2 atom stereocenters. The van der Waals surface area contributed by atoms with Gasteiger partial charge in [0.2, 0.25) is 0 Å². The molecule has 2 amide bonds. The summed E-state index contributed by atoms with van der Waals surface area (Å²) in [5.41, 5.74) is 4.04.